The first kappa shape index (κ1) is 31.5. The number of halogens is 3. The SMILES string of the molecule is CN[C@H](CNC(=O)c1cc(OC(F)F)cc([C@H](OCCNC(=O)OC)c2cccc(Cl)c2)c1)C[C@H]1CCCOC1. The van der Waals surface area contributed by atoms with Gasteiger partial charge in [-0.1, -0.05) is 23.7 Å². The fraction of sp³-hybridized carbons (Fsp3) is 0.500. The first-order valence-electron chi connectivity index (χ1n) is 13.1. The summed E-state index contributed by atoms with van der Waals surface area (Å²) in [5.41, 5.74) is 1.15. The maximum Gasteiger partial charge on any atom is 0.406 e. The predicted molar refractivity (Wildman–Crippen MR) is 146 cm³/mol. The van der Waals surface area contributed by atoms with Crippen molar-refractivity contribution < 1.29 is 37.3 Å². The van der Waals surface area contributed by atoms with E-state index in [2.05, 4.69) is 25.4 Å². The summed E-state index contributed by atoms with van der Waals surface area (Å²) in [6, 6.07) is 11.1. The van der Waals surface area contributed by atoms with Crippen LogP contribution in [0.1, 0.15) is 46.9 Å². The number of amides is 2. The normalized spacial score (nSPS) is 16.7. The zero-order chi connectivity index (χ0) is 28.9. The molecule has 0 aliphatic carbocycles. The van der Waals surface area contributed by atoms with Crippen molar-refractivity contribution >= 4 is 23.6 Å². The number of alkyl carbamates (subject to hydrolysis) is 1. The summed E-state index contributed by atoms with van der Waals surface area (Å²) in [7, 11) is 3.08. The van der Waals surface area contributed by atoms with Gasteiger partial charge in [0.1, 0.15) is 11.9 Å². The van der Waals surface area contributed by atoms with Crippen LogP contribution < -0.4 is 20.7 Å². The van der Waals surface area contributed by atoms with Gasteiger partial charge in [-0.05, 0) is 73.7 Å². The summed E-state index contributed by atoms with van der Waals surface area (Å²) >= 11 is 6.20. The molecule has 0 unspecified atom stereocenters. The van der Waals surface area contributed by atoms with Gasteiger partial charge in [0.2, 0.25) is 0 Å². The molecular weight excluding hydrogens is 548 g/mol. The van der Waals surface area contributed by atoms with Crippen molar-refractivity contribution in [3.8, 4) is 5.75 Å². The molecule has 1 aliphatic rings. The van der Waals surface area contributed by atoms with Crippen LogP contribution in [0, 0.1) is 5.92 Å². The molecule has 0 radical (unpaired) electrons. The van der Waals surface area contributed by atoms with Gasteiger partial charge in [0.25, 0.3) is 5.91 Å². The minimum Gasteiger partial charge on any atom is -0.453 e. The van der Waals surface area contributed by atoms with Crippen LogP contribution in [0.5, 0.6) is 5.75 Å². The number of benzene rings is 2. The van der Waals surface area contributed by atoms with Gasteiger partial charge in [-0.15, -0.1) is 0 Å². The van der Waals surface area contributed by atoms with E-state index in [1.807, 2.05) is 7.05 Å². The second-order valence-corrected chi connectivity index (χ2v) is 9.84. The van der Waals surface area contributed by atoms with Crippen LogP contribution >= 0.6 is 11.6 Å². The number of methoxy groups -OCH3 is 1. The Morgan fingerprint density at radius 1 is 1.15 bits per heavy atom. The lowest BCUT2D eigenvalue weighted by atomic mass is 9.94. The van der Waals surface area contributed by atoms with Gasteiger partial charge >= 0.3 is 12.7 Å². The van der Waals surface area contributed by atoms with Crippen LogP contribution in [0.3, 0.4) is 0 Å². The topological polar surface area (TPSA) is 107 Å². The van der Waals surface area contributed by atoms with Crippen LogP contribution in [-0.2, 0) is 14.2 Å². The minimum atomic E-state index is -3.09. The Hall–Kier alpha value is -2.99. The maximum absolute atomic E-state index is 13.2. The second-order valence-electron chi connectivity index (χ2n) is 9.41. The lowest BCUT2D eigenvalue weighted by molar-refractivity contribution is -0.0500. The van der Waals surface area contributed by atoms with E-state index in [4.69, 9.17) is 21.1 Å². The molecular formula is C28H36ClF2N3O6. The van der Waals surface area contributed by atoms with E-state index < -0.39 is 24.7 Å². The number of hydrogen-bond acceptors (Lipinski definition) is 7. The van der Waals surface area contributed by atoms with E-state index in [9.17, 15) is 18.4 Å². The Morgan fingerprint density at radius 2 is 1.98 bits per heavy atom. The summed E-state index contributed by atoms with van der Waals surface area (Å²) in [5, 5.41) is 9.08. The molecule has 1 aliphatic heterocycles. The second kappa shape index (κ2) is 16.3. The monoisotopic (exact) mass is 583 g/mol. The molecule has 1 saturated heterocycles. The van der Waals surface area contributed by atoms with E-state index in [1.165, 1.54) is 19.2 Å². The molecule has 3 N–H and O–H groups in total. The van der Waals surface area contributed by atoms with E-state index in [-0.39, 0.29) is 30.5 Å². The first-order chi connectivity index (χ1) is 19.3. The van der Waals surface area contributed by atoms with E-state index in [0.717, 1.165) is 25.9 Å². The van der Waals surface area contributed by atoms with Crippen molar-refractivity contribution in [3.63, 3.8) is 0 Å². The number of alkyl halides is 2. The molecule has 3 rings (SSSR count). The third-order valence-corrected chi connectivity index (χ3v) is 6.74. The van der Waals surface area contributed by atoms with Crippen LogP contribution in [-0.4, -0.2) is 71.7 Å². The average Bonchev–Trinajstić information content (AvgIpc) is 2.94. The van der Waals surface area contributed by atoms with Crippen molar-refractivity contribution in [2.75, 3.05) is 47.1 Å². The third-order valence-electron chi connectivity index (χ3n) is 6.50. The molecule has 3 atom stereocenters. The van der Waals surface area contributed by atoms with Crippen molar-refractivity contribution in [1.29, 1.82) is 0 Å². The Labute approximate surface area is 237 Å². The Bertz CT molecular complexity index is 1100. The fourth-order valence-electron chi connectivity index (χ4n) is 4.55. The van der Waals surface area contributed by atoms with Crippen molar-refractivity contribution in [2.45, 2.75) is 38.0 Å². The van der Waals surface area contributed by atoms with Gasteiger partial charge in [0.05, 0.1) is 13.7 Å². The van der Waals surface area contributed by atoms with Gasteiger partial charge in [0, 0.05) is 42.9 Å². The van der Waals surface area contributed by atoms with Crippen LogP contribution in [0.25, 0.3) is 0 Å². The van der Waals surface area contributed by atoms with E-state index in [0.29, 0.717) is 35.2 Å². The molecule has 9 nitrogen and oxygen atoms in total. The quantitative estimate of drug-likeness (QED) is 0.280. The van der Waals surface area contributed by atoms with Gasteiger partial charge in [-0.25, -0.2) is 4.79 Å². The van der Waals surface area contributed by atoms with Crippen LogP contribution in [0.15, 0.2) is 42.5 Å². The molecule has 220 valence electrons. The molecule has 2 aromatic carbocycles. The van der Waals surface area contributed by atoms with Gasteiger partial charge in [-0.3, -0.25) is 4.79 Å². The Morgan fingerprint density at radius 3 is 2.65 bits per heavy atom. The number of hydrogen-bond donors (Lipinski definition) is 3. The highest BCUT2D eigenvalue weighted by Gasteiger charge is 2.22. The summed E-state index contributed by atoms with van der Waals surface area (Å²) in [6.07, 6.45) is 1.50. The standard InChI is InChI=1S/C28H36ClF2N3O6/c1-32-23(11-18-5-4-9-38-17-18)16-34-26(35)21-12-20(14-24(15-21)40-27(30)31)25(19-6-3-7-22(29)13-19)39-10-8-33-28(36)37-2/h3,6-7,12-15,18,23,25,27,32H,4-5,8-11,16-17H2,1-2H3,(H,33,36)(H,34,35)/t18-,23+,25-/m1/s1. The molecule has 12 heteroatoms. The molecule has 0 spiro atoms. The lowest BCUT2D eigenvalue weighted by Crippen LogP contribution is -2.41. The van der Waals surface area contributed by atoms with Gasteiger partial charge < -0.3 is 34.9 Å². The van der Waals surface area contributed by atoms with Gasteiger partial charge in [0.15, 0.2) is 0 Å². The summed E-state index contributed by atoms with van der Waals surface area (Å²) in [5.74, 6) is -0.231. The molecule has 2 aromatic rings. The average molecular weight is 584 g/mol. The highest BCUT2D eigenvalue weighted by molar-refractivity contribution is 6.30. The number of likely N-dealkylation sites (N-methyl/N-ethyl adjacent to an activating group) is 1. The summed E-state index contributed by atoms with van der Waals surface area (Å²) in [4.78, 5) is 24.6. The first-order valence-corrected chi connectivity index (χ1v) is 13.5. The van der Waals surface area contributed by atoms with Crippen LogP contribution in [0.4, 0.5) is 13.6 Å². The largest absolute Gasteiger partial charge is 0.453 e. The molecule has 0 saturated carbocycles. The smallest absolute Gasteiger partial charge is 0.406 e. The Kier molecular flexibility index (Phi) is 12.9. The third kappa shape index (κ3) is 10.2. The summed E-state index contributed by atoms with van der Waals surface area (Å²) < 4.78 is 47.2. The molecule has 1 heterocycles. The maximum atomic E-state index is 13.2. The zero-order valence-corrected chi connectivity index (χ0v) is 23.3. The number of ether oxygens (including phenoxy) is 4. The molecule has 40 heavy (non-hydrogen) atoms. The Balaban J connectivity index is 1.81. The van der Waals surface area contributed by atoms with Crippen LogP contribution in [0.2, 0.25) is 5.02 Å². The number of nitrogens with one attached hydrogen (secondary N) is 3. The predicted octanol–water partition coefficient (Wildman–Crippen LogP) is 4.54. The molecule has 1 fully saturated rings. The van der Waals surface area contributed by atoms with Crippen molar-refractivity contribution in [2.24, 2.45) is 5.92 Å². The summed E-state index contributed by atoms with van der Waals surface area (Å²) in [6.45, 7) is -1.09. The lowest BCUT2D eigenvalue weighted by Gasteiger charge is -2.26. The van der Waals surface area contributed by atoms with E-state index in [1.54, 1.807) is 30.3 Å². The number of carbonyl (C=O) groups excluding carboxylic acids is 2. The minimum absolute atomic E-state index is 0.0143. The molecule has 0 bridgehead atoms. The molecule has 2 amide bonds. The number of rotatable bonds is 14. The fourth-order valence-corrected chi connectivity index (χ4v) is 4.75. The zero-order valence-electron chi connectivity index (χ0n) is 22.6. The van der Waals surface area contributed by atoms with Crippen molar-refractivity contribution in [3.05, 3.63) is 64.2 Å². The van der Waals surface area contributed by atoms with E-state index >= 15 is 0 Å². The van der Waals surface area contributed by atoms with Crippen molar-refractivity contribution in [1.82, 2.24) is 16.0 Å². The number of carbonyl (C=O) groups is 2. The highest BCUT2D eigenvalue weighted by Crippen LogP contribution is 2.32. The highest BCUT2D eigenvalue weighted by atomic mass is 35.5. The molecule has 0 aromatic heterocycles. The van der Waals surface area contributed by atoms with Gasteiger partial charge in [-0.2, -0.15) is 8.78 Å².